The van der Waals surface area contributed by atoms with Gasteiger partial charge in [0, 0.05) is 11.4 Å². The molecule has 0 unspecified atom stereocenters. The Kier molecular flexibility index (Phi) is 7.50. The molecule has 2 rings (SSSR count). The Morgan fingerprint density at radius 2 is 1.68 bits per heavy atom. The number of hydrogen-bond donors (Lipinski definition) is 2. The van der Waals surface area contributed by atoms with E-state index in [2.05, 4.69) is 10.6 Å². The van der Waals surface area contributed by atoms with E-state index in [0.717, 1.165) is 24.2 Å². The second kappa shape index (κ2) is 9.61. The zero-order valence-electron chi connectivity index (χ0n) is 13.6. The molecule has 0 atom stereocenters. The van der Waals surface area contributed by atoms with Gasteiger partial charge < -0.3 is 15.4 Å². The summed E-state index contributed by atoms with van der Waals surface area (Å²) in [6.07, 6.45) is 1.85. The Bertz CT molecular complexity index is 751. The number of rotatable bonds is 6. The molecule has 2 N–H and O–H groups in total. The van der Waals surface area contributed by atoms with Crippen LogP contribution in [0.25, 0.3) is 0 Å². The zero-order valence-corrected chi connectivity index (χ0v) is 16.0. The summed E-state index contributed by atoms with van der Waals surface area (Å²) in [7, 11) is 0. The van der Waals surface area contributed by atoms with E-state index in [1.807, 2.05) is 6.92 Å². The Morgan fingerprint density at radius 1 is 1.04 bits per heavy atom. The summed E-state index contributed by atoms with van der Waals surface area (Å²) in [5.41, 5.74) is 1.98. The highest BCUT2D eigenvalue weighted by Crippen LogP contribution is 2.25. The fourth-order valence-corrected chi connectivity index (χ4v) is 2.48. The third kappa shape index (κ3) is 6.20. The molecule has 0 aliphatic heterocycles. The molecule has 0 saturated heterocycles. The quantitative estimate of drug-likeness (QED) is 0.369. The normalized spacial score (nSPS) is 10.2. The van der Waals surface area contributed by atoms with Crippen molar-refractivity contribution in [2.75, 3.05) is 17.2 Å². The predicted octanol–water partition coefficient (Wildman–Crippen LogP) is 5.76. The van der Waals surface area contributed by atoms with Crippen LogP contribution in [-0.4, -0.2) is 17.7 Å². The van der Waals surface area contributed by atoms with E-state index in [1.54, 1.807) is 42.5 Å². The van der Waals surface area contributed by atoms with Gasteiger partial charge in [-0.2, -0.15) is 0 Å². The van der Waals surface area contributed by atoms with E-state index >= 15 is 0 Å². The van der Waals surface area contributed by atoms with Crippen LogP contribution in [-0.2, 0) is 4.74 Å². The number of ether oxygens (including phenoxy) is 1. The van der Waals surface area contributed by atoms with Crippen molar-refractivity contribution in [3.05, 3.63) is 58.1 Å². The number of thiocarbonyl (C=S) groups is 1. The van der Waals surface area contributed by atoms with Crippen LogP contribution in [0.15, 0.2) is 42.5 Å². The Labute approximate surface area is 162 Å². The Balaban J connectivity index is 1.90. The van der Waals surface area contributed by atoms with Crippen LogP contribution in [0.1, 0.15) is 30.1 Å². The molecule has 0 heterocycles. The lowest BCUT2D eigenvalue weighted by Gasteiger charge is -2.11. The molecule has 25 heavy (non-hydrogen) atoms. The molecule has 0 amide bonds. The van der Waals surface area contributed by atoms with Crippen LogP contribution in [0.2, 0.25) is 10.0 Å². The Morgan fingerprint density at radius 3 is 2.32 bits per heavy atom. The third-order valence-corrected chi connectivity index (χ3v) is 4.23. The minimum absolute atomic E-state index is 0.323. The average molecular weight is 397 g/mol. The van der Waals surface area contributed by atoms with Crippen molar-refractivity contribution < 1.29 is 9.53 Å². The first-order valence-electron chi connectivity index (χ1n) is 7.80. The molecule has 0 aliphatic carbocycles. The van der Waals surface area contributed by atoms with Crippen molar-refractivity contribution in [3.8, 4) is 0 Å². The molecular formula is C18H18Cl2N2O2S. The minimum Gasteiger partial charge on any atom is -0.462 e. The summed E-state index contributed by atoms with van der Waals surface area (Å²) >= 11 is 17.1. The second-order valence-electron chi connectivity index (χ2n) is 5.27. The lowest BCUT2D eigenvalue weighted by molar-refractivity contribution is 0.0500. The standard InChI is InChI=1S/C18H18Cl2N2O2S/c1-2-3-10-24-17(23)12-4-6-13(7-5-12)21-18(25)22-14-8-9-15(19)16(20)11-14/h4-9,11H,2-3,10H2,1H3,(H2,21,22,25). The van der Waals surface area contributed by atoms with E-state index < -0.39 is 0 Å². The number of carbonyl (C=O) groups is 1. The van der Waals surface area contributed by atoms with E-state index in [-0.39, 0.29) is 5.97 Å². The number of nitrogens with one attached hydrogen (secondary N) is 2. The van der Waals surface area contributed by atoms with E-state index in [0.29, 0.717) is 27.3 Å². The van der Waals surface area contributed by atoms with Crippen molar-refractivity contribution in [1.29, 1.82) is 0 Å². The average Bonchev–Trinajstić information content (AvgIpc) is 2.59. The number of hydrogen-bond acceptors (Lipinski definition) is 3. The molecule has 0 aliphatic rings. The fraction of sp³-hybridized carbons (Fsp3) is 0.222. The van der Waals surface area contributed by atoms with Gasteiger partial charge >= 0.3 is 5.97 Å². The van der Waals surface area contributed by atoms with Crippen molar-refractivity contribution in [1.82, 2.24) is 0 Å². The van der Waals surface area contributed by atoms with Crippen LogP contribution in [0.3, 0.4) is 0 Å². The molecular weight excluding hydrogens is 379 g/mol. The highest BCUT2D eigenvalue weighted by atomic mass is 35.5. The number of halogens is 2. The lowest BCUT2D eigenvalue weighted by atomic mass is 10.2. The highest BCUT2D eigenvalue weighted by Gasteiger charge is 2.07. The van der Waals surface area contributed by atoms with Gasteiger partial charge in [-0.15, -0.1) is 0 Å². The molecule has 132 valence electrons. The van der Waals surface area contributed by atoms with Crippen LogP contribution in [0, 0.1) is 0 Å². The highest BCUT2D eigenvalue weighted by molar-refractivity contribution is 7.80. The summed E-state index contributed by atoms with van der Waals surface area (Å²) in [6, 6.07) is 12.1. The lowest BCUT2D eigenvalue weighted by Crippen LogP contribution is -2.19. The van der Waals surface area contributed by atoms with Crippen LogP contribution < -0.4 is 10.6 Å². The first-order valence-corrected chi connectivity index (χ1v) is 8.96. The van der Waals surface area contributed by atoms with Gasteiger partial charge in [0.2, 0.25) is 0 Å². The van der Waals surface area contributed by atoms with Gasteiger partial charge in [-0.25, -0.2) is 4.79 Å². The molecule has 0 spiro atoms. The van der Waals surface area contributed by atoms with Gasteiger partial charge in [-0.05, 0) is 61.1 Å². The monoisotopic (exact) mass is 396 g/mol. The third-order valence-electron chi connectivity index (χ3n) is 3.29. The van der Waals surface area contributed by atoms with Gasteiger partial charge in [0.1, 0.15) is 0 Å². The summed E-state index contributed by atoms with van der Waals surface area (Å²) in [5, 5.41) is 7.37. The largest absolute Gasteiger partial charge is 0.462 e. The zero-order chi connectivity index (χ0) is 18.2. The van der Waals surface area contributed by atoms with Gasteiger partial charge in [-0.1, -0.05) is 36.5 Å². The van der Waals surface area contributed by atoms with Gasteiger partial charge in [0.25, 0.3) is 0 Å². The van der Waals surface area contributed by atoms with E-state index in [9.17, 15) is 4.79 Å². The maximum Gasteiger partial charge on any atom is 0.338 e. The molecule has 2 aromatic rings. The molecule has 0 saturated carbocycles. The minimum atomic E-state index is -0.323. The number of benzene rings is 2. The molecule has 0 fully saturated rings. The molecule has 4 nitrogen and oxygen atoms in total. The summed E-state index contributed by atoms with van der Waals surface area (Å²) < 4.78 is 5.17. The van der Waals surface area contributed by atoms with Crippen molar-refractivity contribution >= 4 is 57.9 Å². The fourth-order valence-electron chi connectivity index (χ4n) is 1.95. The molecule has 7 heteroatoms. The maximum absolute atomic E-state index is 11.8. The van der Waals surface area contributed by atoms with E-state index in [1.165, 1.54) is 0 Å². The van der Waals surface area contributed by atoms with Gasteiger partial charge in [-0.3, -0.25) is 0 Å². The molecule has 0 aromatic heterocycles. The number of unbranched alkanes of at least 4 members (excludes halogenated alkanes) is 1. The first-order chi connectivity index (χ1) is 12.0. The second-order valence-corrected chi connectivity index (χ2v) is 6.50. The predicted molar refractivity (Wildman–Crippen MR) is 108 cm³/mol. The summed E-state index contributed by atoms with van der Waals surface area (Å²) in [4.78, 5) is 11.8. The van der Waals surface area contributed by atoms with Crippen LogP contribution in [0.5, 0.6) is 0 Å². The van der Waals surface area contributed by atoms with Gasteiger partial charge in [0.15, 0.2) is 5.11 Å². The van der Waals surface area contributed by atoms with Crippen molar-refractivity contribution in [2.24, 2.45) is 0 Å². The van der Waals surface area contributed by atoms with Crippen molar-refractivity contribution in [3.63, 3.8) is 0 Å². The SMILES string of the molecule is CCCCOC(=O)c1ccc(NC(=S)Nc2ccc(Cl)c(Cl)c2)cc1. The molecule has 0 bridgehead atoms. The van der Waals surface area contributed by atoms with Crippen LogP contribution in [0.4, 0.5) is 11.4 Å². The first kappa shape index (κ1) is 19.5. The number of esters is 1. The number of anilines is 2. The summed E-state index contributed by atoms with van der Waals surface area (Å²) in [6.45, 7) is 2.48. The summed E-state index contributed by atoms with van der Waals surface area (Å²) in [5.74, 6) is -0.323. The maximum atomic E-state index is 11.8. The topological polar surface area (TPSA) is 50.4 Å². The molecule has 0 radical (unpaired) electrons. The van der Waals surface area contributed by atoms with Crippen molar-refractivity contribution in [2.45, 2.75) is 19.8 Å². The van der Waals surface area contributed by atoms with E-state index in [4.69, 9.17) is 40.2 Å². The smallest absolute Gasteiger partial charge is 0.338 e. The van der Waals surface area contributed by atoms with Gasteiger partial charge in [0.05, 0.1) is 22.2 Å². The van der Waals surface area contributed by atoms with Crippen LogP contribution >= 0.6 is 35.4 Å². The number of carbonyl (C=O) groups excluding carboxylic acids is 1. The Hall–Kier alpha value is -1.82. The molecule has 2 aromatic carbocycles.